The highest BCUT2D eigenvalue weighted by Crippen LogP contribution is 2.45. The Morgan fingerprint density at radius 3 is 1.61 bits per heavy atom. The van der Waals surface area contributed by atoms with E-state index in [4.69, 9.17) is 44.2 Å². The van der Waals surface area contributed by atoms with Gasteiger partial charge in [-0.2, -0.15) is 0 Å². The molecule has 0 aliphatic carbocycles. The summed E-state index contributed by atoms with van der Waals surface area (Å²) in [5.74, 6) is 0.880. The molecule has 248 valence electrons. The SMILES string of the molecule is [B]c1c([B])c([B])c(-c2ccc3c(-c4ccc(-c5nc6ccccc6n5-c5cccc6ccccc56)cc4)c4ccccc4c(-c4ccccc4)c3c2)c([B])c1[B]. The fourth-order valence-electron chi connectivity index (χ4n) is 8.37. The first kappa shape index (κ1) is 34.1. The van der Waals surface area contributed by atoms with Crippen molar-refractivity contribution in [2.45, 2.75) is 0 Å². The minimum atomic E-state index is 0.193. The first-order valence-electron chi connectivity index (χ1n) is 18.5. The van der Waals surface area contributed by atoms with Crippen LogP contribution in [0.1, 0.15) is 0 Å². The third-order valence-electron chi connectivity index (χ3n) is 11.1. The van der Waals surface area contributed by atoms with E-state index in [-0.39, 0.29) is 16.4 Å². The Hall–Kier alpha value is -6.45. The molecule has 0 aliphatic heterocycles. The van der Waals surface area contributed by atoms with E-state index < -0.39 is 0 Å². The van der Waals surface area contributed by atoms with Crippen molar-refractivity contribution in [1.29, 1.82) is 0 Å². The number of imidazole rings is 1. The number of hydrogen-bond donors (Lipinski definition) is 0. The summed E-state index contributed by atoms with van der Waals surface area (Å²) in [4.78, 5) is 5.20. The lowest BCUT2D eigenvalue weighted by Gasteiger charge is -2.23. The number of hydrogen-bond acceptors (Lipinski definition) is 1. The Balaban J connectivity index is 1.21. The van der Waals surface area contributed by atoms with E-state index in [1.807, 2.05) is 18.2 Å². The summed E-state index contributed by atoms with van der Waals surface area (Å²) in [5, 5.41) is 6.73. The van der Waals surface area contributed by atoms with Gasteiger partial charge in [0.2, 0.25) is 0 Å². The van der Waals surface area contributed by atoms with Crippen molar-refractivity contribution in [2.24, 2.45) is 0 Å². The van der Waals surface area contributed by atoms with Crippen LogP contribution in [0.5, 0.6) is 0 Å². The van der Waals surface area contributed by atoms with Gasteiger partial charge in [0, 0.05) is 10.9 Å². The minimum Gasteiger partial charge on any atom is -0.292 e. The van der Waals surface area contributed by atoms with Crippen molar-refractivity contribution < 1.29 is 0 Å². The molecule has 10 aromatic rings. The molecule has 1 aromatic heterocycles. The minimum absolute atomic E-state index is 0.193. The second-order valence-electron chi connectivity index (χ2n) is 14.2. The molecule has 0 atom stereocenters. The monoisotopic (exact) mass is 698 g/mol. The van der Waals surface area contributed by atoms with Crippen LogP contribution >= 0.6 is 0 Å². The van der Waals surface area contributed by atoms with E-state index in [9.17, 15) is 0 Å². The number of para-hydroxylation sites is 2. The van der Waals surface area contributed by atoms with Crippen molar-refractivity contribution in [3.63, 3.8) is 0 Å². The maximum Gasteiger partial charge on any atom is 0.145 e. The average molecular weight is 698 g/mol. The molecule has 0 bridgehead atoms. The lowest BCUT2D eigenvalue weighted by Crippen LogP contribution is -2.55. The summed E-state index contributed by atoms with van der Waals surface area (Å²) in [5.41, 5.74) is 11.1. The zero-order valence-corrected chi connectivity index (χ0v) is 30.4. The molecule has 0 saturated heterocycles. The largest absolute Gasteiger partial charge is 0.292 e. The van der Waals surface area contributed by atoms with E-state index in [0.717, 1.165) is 77.5 Å². The number of fused-ring (bicyclic) bond motifs is 4. The molecule has 0 fully saturated rings. The Morgan fingerprint density at radius 1 is 0.357 bits per heavy atom. The number of nitrogens with zero attached hydrogens (tertiary/aromatic N) is 2. The van der Waals surface area contributed by atoms with Gasteiger partial charge < -0.3 is 0 Å². The van der Waals surface area contributed by atoms with Crippen LogP contribution in [0, 0.1) is 0 Å². The zero-order chi connectivity index (χ0) is 38.1. The van der Waals surface area contributed by atoms with E-state index >= 15 is 0 Å². The molecule has 0 saturated carbocycles. The van der Waals surface area contributed by atoms with Crippen LogP contribution in [0.4, 0.5) is 0 Å². The van der Waals surface area contributed by atoms with Gasteiger partial charge >= 0.3 is 0 Å². The Morgan fingerprint density at radius 2 is 0.875 bits per heavy atom. The summed E-state index contributed by atoms with van der Waals surface area (Å²) in [6.45, 7) is 0. The smallest absolute Gasteiger partial charge is 0.145 e. The standard InChI is InChI=1S/C49H27B5N2/c50-44-43(45(51)47(53)48(54)46(44)52)32-25-26-36-37(27-32)42(29-12-2-1-3-13-29)35-17-7-6-16-34(35)41(36)30-21-23-31(24-22-30)49-55-38-18-8-9-19-40(38)56(49)39-20-10-14-28-11-4-5-15-33(28)39/h1-27H. The van der Waals surface area contributed by atoms with Crippen molar-refractivity contribution in [3.8, 4) is 50.5 Å². The van der Waals surface area contributed by atoms with Gasteiger partial charge in [-0.25, -0.2) is 4.98 Å². The summed E-state index contributed by atoms with van der Waals surface area (Å²) < 4.78 is 2.28. The molecule has 7 heteroatoms. The third-order valence-corrected chi connectivity index (χ3v) is 11.1. The fraction of sp³-hybridized carbons (Fsp3) is 0. The summed E-state index contributed by atoms with van der Waals surface area (Å²) in [6.07, 6.45) is 0. The van der Waals surface area contributed by atoms with Crippen molar-refractivity contribution in [3.05, 3.63) is 164 Å². The second kappa shape index (κ2) is 13.4. The van der Waals surface area contributed by atoms with E-state index in [2.05, 4.69) is 150 Å². The van der Waals surface area contributed by atoms with Gasteiger partial charge in [-0.15, -0.1) is 16.4 Å². The van der Waals surface area contributed by atoms with Crippen molar-refractivity contribution in [1.82, 2.24) is 9.55 Å². The van der Waals surface area contributed by atoms with Crippen molar-refractivity contribution in [2.75, 3.05) is 0 Å². The topological polar surface area (TPSA) is 17.8 Å². The summed E-state index contributed by atoms with van der Waals surface area (Å²) in [7, 11) is 32.1. The number of aromatic nitrogens is 2. The Kier molecular flexibility index (Phi) is 8.15. The number of benzene rings is 9. The third kappa shape index (κ3) is 5.29. The van der Waals surface area contributed by atoms with Crippen LogP contribution in [0.3, 0.4) is 0 Å². The van der Waals surface area contributed by atoms with Crippen LogP contribution in [0.15, 0.2) is 164 Å². The van der Waals surface area contributed by atoms with Crippen molar-refractivity contribution >= 4 is 110 Å². The van der Waals surface area contributed by atoms with Gasteiger partial charge in [-0.1, -0.05) is 150 Å². The molecular formula is C49H27B5N2. The lowest BCUT2D eigenvalue weighted by molar-refractivity contribution is 1.11. The fourth-order valence-corrected chi connectivity index (χ4v) is 8.37. The highest BCUT2D eigenvalue weighted by molar-refractivity contribution is 6.68. The molecule has 1 heterocycles. The molecule has 10 rings (SSSR count). The van der Waals surface area contributed by atoms with Gasteiger partial charge in [0.15, 0.2) is 0 Å². The number of rotatable bonds is 5. The normalized spacial score (nSPS) is 11.6. The molecule has 10 radical (unpaired) electrons. The van der Waals surface area contributed by atoms with Crippen LogP contribution < -0.4 is 27.3 Å². The van der Waals surface area contributed by atoms with E-state index in [1.54, 1.807) is 0 Å². The molecule has 2 nitrogen and oxygen atoms in total. The highest BCUT2D eigenvalue weighted by Gasteiger charge is 2.21. The lowest BCUT2D eigenvalue weighted by atomic mass is 9.59. The van der Waals surface area contributed by atoms with Crippen LogP contribution in [-0.2, 0) is 0 Å². The predicted molar refractivity (Wildman–Crippen MR) is 242 cm³/mol. The Labute approximate surface area is 332 Å². The predicted octanol–water partition coefficient (Wildman–Crippen LogP) is 7.12. The molecule has 9 aromatic carbocycles. The van der Waals surface area contributed by atoms with Gasteiger partial charge in [0.05, 0.1) is 16.7 Å². The molecule has 0 N–H and O–H groups in total. The molecule has 0 unspecified atom stereocenters. The quantitative estimate of drug-likeness (QED) is 0.138. The van der Waals surface area contributed by atoms with Crippen LogP contribution in [0.2, 0.25) is 0 Å². The van der Waals surface area contributed by atoms with Gasteiger partial charge in [-0.3, -0.25) is 4.57 Å². The molecular weight excluding hydrogens is 671 g/mol. The first-order valence-corrected chi connectivity index (χ1v) is 18.5. The molecule has 56 heavy (non-hydrogen) atoms. The zero-order valence-electron chi connectivity index (χ0n) is 30.4. The average Bonchev–Trinajstić information content (AvgIpc) is 3.64. The van der Waals surface area contributed by atoms with Gasteiger partial charge in [0.25, 0.3) is 0 Å². The summed E-state index contributed by atoms with van der Waals surface area (Å²) in [6, 6.07) is 57.4. The maximum atomic E-state index is 6.60. The molecule has 0 amide bonds. The molecule has 0 aliphatic rings. The maximum absolute atomic E-state index is 6.60. The van der Waals surface area contributed by atoms with Gasteiger partial charge in [0.1, 0.15) is 45.1 Å². The Bertz CT molecular complexity index is 3150. The molecule has 0 spiro atoms. The summed E-state index contributed by atoms with van der Waals surface area (Å²) >= 11 is 0. The highest BCUT2D eigenvalue weighted by atomic mass is 15.1. The van der Waals surface area contributed by atoms with Crippen LogP contribution in [0.25, 0.3) is 93.8 Å². The van der Waals surface area contributed by atoms with Gasteiger partial charge in [-0.05, 0) is 84.6 Å². The first-order chi connectivity index (χ1) is 27.4. The van der Waals surface area contributed by atoms with E-state index in [1.165, 1.54) is 10.8 Å². The van der Waals surface area contributed by atoms with Crippen LogP contribution in [-0.4, -0.2) is 48.8 Å². The second-order valence-corrected chi connectivity index (χ2v) is 14.2. The van der Waals surface area contributed by atoms with E-state index in [0.29, 0.717) is 16.5 Å².